The molecule has 1 aliphatic heterocycles. The van der Waals surface area contributed by atoms with Gasteiger partial charge in [-0.25, -0.2) is 19.3 Å². The summed E-state index contributed by atoms with van der Waals surface area (Å²) in [5, 5.41) is 2.73. The second-order valence-corrected chi connectivity index (χ2v) is 6.39. The zero-order chi connectivity index (χ0) is 19.3. The molecule has 3 heterocycles. The van der Waals surface area contributed by atoms with E-state index in [4.69, 9.17) is 0 Å². The van der Waals surface area contributed by atoms with Crippen LogP contribution < -0.4 is 15.1 Å². The first-order valence-corrected chi connectivity index (χ1v) is 8.99. The van der Waals surface area contributed by atoms with Gasteiger partial charge in [-0.3, -0.25) is 4.79 Å². The number of carbonyl (C=O) groups is 1. The molecule has 7 nitrogen and oxygen atoms in total. The second-order valence-electron chi connectivity index (χ2n) is 6.39. The third kappa shape index (κ3) is 4.06. The first-order valence-electron chi connectivity index (χ1n) is 8.99. The number of rotatable bonds is 4. The molecule has 28 heavy (non-hydrogen) atoms. The third-order valence-corrected chi connectivity index (χ3v) is 4.55. The SMILES string of the molecule is O=C(Nc1ccc(F)cc1)c1ccc(N2CCN(c3ncccn3)CC2)nc1. The molecular formula is C20H19FN6O. The van der Waals surface area contributed by atoms with Crippen LogP contribution in [0.1, 0.15) is 10.4 Å². The summed E-state index contributed by atoms with van der Waals surface area (Å²) in [6.07, 6.45) is 5.04. The highest BCUT2D eigenvalue weighted by molar-refractivity contribution is 6.04. The number of pyridine rings is 1. The van der Waals surface area contributed by atoms with Gasteiger partial charge in [0.15, 0.2) is 0 Å². The van der Waals surface area contributed by atoms with Crippen molar-refractivity contribution in [1.29, 1.82) is 0 Å². The molecule has 0 atom stereocenters. The highest BCUT2D eigenvalue weighted by atomic mass is 19.1. The van der Waals surface area contributed by atoms with Gasteiger partial charge in [-0.05, 0) is 42.5 Å². The van der Waals surface area contributed by atoms with Crippen molar-refractivity contribution in [3.05, 3.63) is 72.4 Å². The van der Waals surface area contributed by atoms with E-state index in [1.165, 1.54) is 24.3 Å². The number of aromatic nitrogens is 3. The van der Waals surface area contributed by atoms with Crippen LogP contribution in [0.15, 0.2) is 61.1 Å². The van der Waals surface area contributed by atoms with E-state index in [1.54, 1.807) is 30.7 Å². The van der Waals surface area contributed by atoms with Crippen LogP contribution in [0.3, 0.4) is 0 Å². The maximum atomic E-state index is 13.0. The Bertz CT molecular complexity index is 925. The van der Waals surface area contributed by atoms with Gasteiger partial charge >= 0.3 is 0 Å². The summed E-state index contributed by atoms with van der Waals surface area (Å²) in [7, 11) is 0. The van der Waals surface area contributed by atoms with Crippen LogP contribution in [-0.2, 0) is 0 Å². The molecule has 0 radical (unpaired) electrons. The van der Waals surface area contributed by atoms with E-state index in [2.05, 4.69) is 30.1 Å². The number of nitrogens with zero attached hydrogens (tertiary/aromatic N) is 5. The van der Waals surface area contributed by atoms with Gasteiger partial charge in [-0.1, -0.05) is 0 Å². The number of carbonyl (C=O) groups excluding carboxylic acids is 1. The molecule has 1 aliphatic rings. The van der Waals surface area contributed by atoms with Crippen LogP contribution in [0, 0.1) is 5.82 Å². The fourth-order valence-corrected chi connectivity index (χ4v) is 3.03. The lowest BCUT2D eigenvalue weighted by atomic mass is 10.2. The molecule has 1 amide bonds. The van der Waals surface area contributed by atoms with Gasteiger partial charge in [-0.15, -0.1) is 0 Å². The van der Waals surface area contributed by atoms with Crippen molar-refractivity contribution in [3.8, 4) is 0 Å². The molecule has 8 heteroatoms. The Labute approximate surface area is 161 Å². The van der Waals surface area contributed by atoms with Gasteiger partial charge < -0.3 is 15.1 Å². The summed E-state index contributed by atoms with van der Waals surface area (Å²) in [5.41, 5.74) is 0.985. The Morgan fingerprint density at radius 2 is 1.57 bits per heavy atom. The number of halogens is 1. The third-order valence-electron chi connectivity index (χ3n) is 4.55. The Hall–Kier alpha value is -3.55. The molecule has 0 saturated carbocycles. The fraction of sp³-hybridized carbons (Fsp3) is 0.200. The van der Waals surface area contributed by atoms with Gasteiger partial charge in [0.05, 0.1) is 5.56 Å². The van der Waals surface area contributed by atoms with Crippen LogP contribution in [0.5, 0.6) is 0 Å². The van der Waals surface area contributed by atoms with Gasteiger partial charge in [-0.2, -0.15) is 0 Å². The van der Waals surface area contributed by atoms with Gasteiger partial charge in [0.2, 0.25) is 5.95 Å². The van der Waals surface area contributed by atoms with E-state index in [-0.39, 0.29) is 11.7 Å². The van der Waals surface area contributed by atoms with Crippen molar-refractivity contribution in [1.82, 2.24) is 15.0 Å². The summed E-state index contributed by atoms with van der Waals surface area (Å²) in [4.78, 5) is 29.6. The molecule has 3 aromatic rings. The van der Waals surface area contributed by atoms with Crippen molar-refractivity contribution in [2.75, 3.05) is 41.3 Å². The molecule has 0 spiro atoms. The van der Waals surface area contributed by atoms with E-state index in [0.29, 0.717) is 11.3 Å². The van der Waals surface area contributed by atoms with E-state index >= 15 is 0 Å². The van der Waals surface area contributed by atoms with Crippen LogP contribution >= 0.6 is 0 Å². The normalized spacial score (nSPS) is 14.0. The molecule has 0 aliphatic carbocycles. The van der Waals surface area contributed by atoms with E-state index < -0.39 is 0 Å². The minimum atomic E-state index is -0.344. The van der Waals surface area contributed by atoms with Crippen molar-refractivity contribution < 1.29 is 9.18 Å². The Morgan fingerprint density at radius 3 is 2.21 bits per heavy atom. The number of nitrogens with one attached hydrogen (secondary N) is 1. The van der Waals surface area contributed by atoms with E-state index in [1.807, 2.05) is 6.07 Å². The Balaban J connectivity index is 1.36. The minimum absolute atomic E-state index is 0.281. The lowest BCUT2D eigenvalue weighted by Crippen LogP contribution is -2.47. The standard InChI is InChI=1S/C20H19FN6O/c21-16-3-5-17(6-4-16)25-19(28)15-2-7-18(24-14-15)26-10-12-27(13-11-26)20-22-8-1-9-23-20/h1-9,14H,10-13H2,(H,25,28). The zero-order valence-corrected chi connectivity index (χ0v) is 15.1. The number of piperazine rings is 1. The number of amides is 1. The highest BCUT2D eigenvalue weighted by Crippen LogP contribution is 2.17. The van der Waals surface area contributed by atoms with E-state index in [0.717, 1.165) is 37.9 Å². The molecule has 142 valence electrons. The Morgan fingerprint density at radius 1 is 0.893 bits per heavy atom. The zero-order valence-electron chi connectivity index (χ0n) is 15.1. The molecule has 2 aromatic heterocycles. The lowest BCUT2D eigenvalue weighted by molar-refractivity contribution is 0.102. The summed E-state index contributed by atoms with van der Waals surface area (Å²) < 4.78 is 13.0. The molecule has 0 unspecified atom stereocenters. The molecule has 1 N–H and O–H groups in total. The lowest BCUT2D eigenvalue weighted by Gasteiger charge is -2.35. The fourth-order valence-electron chi connectivity index (χ4n) is 3.03. The van der Waals surface area contributed by atoms with Crippen LogP contribution in [0.25, 0.3) is 0 Å². The van der Waals surface area contributed by atoms with Crippen molar-refractivity contribution in [2.24, 2.45) is 0 Å². The summed E-state index contributed by atoms with van der Waals surface area (Å²) in [6, 6.07) is 11.0. The monoisotopic (exact) mass is 378 g/mol. The van der Waals surface area contributed by atoms with Crippen molar-refractivity contribution in [2.45, 2.75) is 0 Å². The Kier molecular flexibility index (Phi) is 5.09. The van der Waals surface area contributed by atoms with E-state index in [9.17, 15) is 9.18 Å². The topological polar surface area (TPSA) is 74.2 Å². The number of benzene rings is 1. The summed E-state index contributed by atoms with van der Waals surface area (Å²) in [6.45, 7) is 3.20. The molecule has 1 saturated heterocycles. The maximum Gasteiger partial charge on any atom is 0.257 e. The highest BCUT2D eigenvalue weighted by Gasteiger charge is 2.20. The average molecular weight is 378 g/mol. The smallest absolute Gasteiger partial charge is 0.257 e. The van der Waals surface area contributed by atoms with Crippen molar-refractivity contribution in [3.63, 3.8) is 0 Å². The number of hydrogen-bond donors (Lipinski definition) is 1. The molecule has 0 bridgehead atoms. The molecule has 4 rings (SSSR count). The van der Waals surface area contributed by atoms with Gasteiger partial charge in [0.25, 0.3) is 5.91 Å². The number of hydrogen-bond acceptors (Lipinski definition) is 6. The molecule has 1 aromatic carbocycles. The van der Waals surface area contributed by atoms with Crippen LogP contribution in [0.4, 0.5) is 21.8 Å². The summed E-state index contributed by atoms with van der Waals surface area (Å²) >= 11 is 0. The average Bonchev–Trinajstić information content (AvgIpc) is 2.76. The predicted octanol–water partition coefficient (Wildman–Crippen LogP) is 2.59. The predicted molar refractivity (Wildman–Crippen MR) is 105 cm³/mol. The quantitative estimate of drug-likeness (QED) is 0.752. The van der Waals surface area contributed by atoms with Crippen LogP contribution in [0.2, 0.25) is 0 Å². The minimum Gasteiger partial charge on any atom is -0.353 e. The first kappa shape index (κ1) is 17.8. The van der Waals surface area contributed by atoms with Gasteiger partial charge in [0, 0.05) is 50.5 Å². The molecule has 1 fully saturated rings. The summed E-state index contributed by atoms with van der Waals surface area (Å²) in [5.74, 6) is 0.939. The second kappa shape index (κ2) is 7.99. The van der Waals surface area contributed by atoms with Crippen LogP contribution in [-0.4, -0.2) is 47.0 Å². The van der Waals surface area contributed by atoms with Gasteiger partial charge in [0.1, 0.15) is 11.6 Å². The number of anilines is 3. The largest absolute Gasteiger partial charge is 0.353 e. The van der Waals surface area contributed by atoms with Crippen molar-refractivity contribution >= 4 is 23.4 Å². The maximum absolute atomic E-state index is 13.0. The molecular weight excluding hydrogens is 359 g/mol. The first-order chi connectivity index (χ1) is 13.7.